The molecule has 34 heavy (non-hydrogen) atoms. The number of methoxy groups -OCH3 is 2. The average Bonchev–Trinajstić information content (AvgIpc) is 3.41. The van der Waals surface area contributed by atoms with E-state index in [9.17, 15) is 14.7 Å². The lowest BCUT2D eigenvalue weighted by Gasteiger charge is -2.20. The summed E-state index contributed by atoms with van der Waals surface area (Å²) in [5.41, 5.74) is 0.904. The molecule has 0 aliphatic carbocycles. The molecule has 0 spiro atoms. The van der Waals surface area contributed by atoms with E-state index in [0.717, 1.165) is 5.56 Å². The Labute approximate surface area is 202 Å². The molecule has 0 saturated carbocycles. The molecule has 0 saturated heterocycles. The Morgan fingerprint density at radius 1 is 0.971 bits per heavy atom. The maximum Gasteiger partial charge on any atom is 0.262 e. The summed E-state index contributed by atoms with van der Waals surface area (Å²) in [6, 6.07) is 17.3. The van der Waals surface area contributed by atoms with Crippen LogP contribution in [0.4, 0.5) is 0 Å². The van der Waals surface area contributed by atoms with Gasteiger partial charge in [0.25, 0.3) is 5.91 Å². The van der Waals surface area contributed by atoms with E-state index in [-0.39, 0.29) is 19.1 Å². The number of aliphatic hydroxyl groups is 1. The molecule has 180 valence electrons. The van der Waals surface area contributed by atoms with Gasteiger partial charge in [-0.25, -0.2) is 0 Å². The van der Waals surface area contributed by atoms with E-state index in [2.05, 4.69) is 10.6 Å². The molecule has 0 bridgehead atoms. The van der Waals surface area contributed by atoms with E-state index in [1.54, 1.807) is 35.7 Å². The van der Waals surface area contributed by atoms with Crippen LogP contribution in [0.5, 0.6) is 17.2 Å². The summed E-state index contributed by atoms with van der Waals surface area (Å²) in [4.78, 5) is 26.0. The predicted octanol–water partition coefficient (Wildman–Crippen LogP) is 2.66. The Kier molecular flexibility index (Phi) is 9.30. The maximum atomic E-state index is 12.9. The molecule has 2 unspecified atom stereocenters. The average molecular weight is 485 g/mol. The van der Waals surface area contributed by atoms with Gasteiger partial charge in [0.1, 0.15) is 18.8 Å². The molecule has 2 atom stereocenters. The summed E-state index contributed by atoms with van der Waals surface area (Å²) in [6.07, 6.45) is -0.682. The second-order valence-corrected chi connectivity index (χ2v) is 8.34. The molecule has 2 aromatic carbocycles. The zero-order chi connectivity index (χ0) is 24.3. The minimum absolute atomic E-state index is 0.0591. The van der Waals surface area contributed by atoms with Gasteiger partial charge < -0.3 is 30.0 Å². The zero-order valence-corrected chi connectivity index (χ0v) is 19.8. The summed E-state index contributed by atoms with van der Waals surface area (Å²) in [5.74, 6) is 0.577. The standard InChI is InChI=1S/C25H28N2O6S/c1-31-20-10-6-11-21(32-2)23(20)33-16-18(28)15-26-24(29)19(14-17-8-4-3-5-9-17)27-25(30)22-12-7-13-34-22/h3-13,18-19,28H,14-16H2,1-2H3,(H,26,29)(H,27,30). The first-order valence-electron chi connectivity index (χ1n) is 10.7. The van der Waals surface area contributed by atoms with Crippen molar-refractivity contribution in [1.82, 2.24) is 10.6 Å². The molecule has 0 aliphatic heterocycles. The minimum atomic E-state index is -0.996. The third-order valence-electron chi connectivity index (χ3n) is 4.96. The summed E-state index contributed by atoms with van der Waals surface area (Å²) in [7, 11) is 3.02. The molecule has 1 aromatic heterocycles. The van der Waals surface area contributed by atoms with Crippen LogP contribution in [0.3, 0.4) is 0 Å². The third kappa shape index (κ3) is 6.97. The van der Waals surface area contributed by atoms with Gasteiger partial charge in [-0.2, -0.15) is 0 Å². The van der Waals surface area contributed by atoms with E-state index in [1.165, 1.54) is 25.6 Å². The largest absolute Gasteiger partial charge is 0.493 e. The van der Waals surface area contributed by atoms with Gasteiger partial charge in [0, 0.05) is 13.0 Å². The highest BCUT2D eigenvalue weighted by Gasteiger charge is 2.23. The number of para-hydroxylation sites is 1. The second-order valence-electron chi connectivity index (χ2n) is 7.39. The molecule has 1 heterocycles. The van der Waals surface area contributed by atoms with Gasteiger partial charge in [-0.05, 0) is 29.1 Å². The summed E-state index contributed by atoms with van der Waals surface area (Å²) in [6.45, 7) is -0.154. The fourth-order valence-corrected chi connectivity index (χ4v) is 3.86. The fraction of sp³-hybridized carbons (Fsp3) is 0.280. The summed E-state index contributed by atoms with van der Waals surface area (Å²) in [5, 5.41) is 17.7. The molecule has 3 rings (SSSR count). The number of rotatable bonds is 12. The van der Waals surface area contributed by atoms with Crippen molar-refractivity contribution < 1.29 is 28.9 Å². The topological polar surface area (TPSA) is 106 Å². The van der Waals surface area contributed by atoms with Crippen molar-refractivity contribution in [3.8, 4) is 17.2 Å². The number of benzene rings is 2. The number of ether oxygens (including phenoxy) is 3. The molecule has 3 aromatic rings. The smallest absolute Gasteiger partial charge is 0.262 e. The van der Waals surface area contributed by atoms with Crippen molar-refractivity contribution in [3.63, 3.8) is 0 Å². The van der Waals surface area contributed by atoms with Crippen molar-refractivity contribution in [3.05, 3.63) is 76.5 Å². The Balaban J connectivity index is 1.59. The molecule has 3 N–H and O–H groups in total. The van der Waals surface area contributed by atoms with E-state index in [0.29, 0.717) is 28.5 Å². The second kappa shape index (κ2) is 12.6. The molecule has 8 nitrogen and oxygen atoms in total. The molecule has 2 amide bonds. The van der Waals surface area contributed by atoms with Crippen LogP contribution in [0, 0.1) is 0 Å². The summed E-state index contributed by atoms with van der Waals surface area (Å²) >= 11 is 1.30. The lowest BCUT2D eigenvalue weighted by Crippen LogP contribution is -2.49. The summed E-state index contributed by atoms with van der Waals surface area (Å²) < 4.78 is 16.3. The first-order valence-corrected chi connectivity index (χ1v) is 11.6. The van der Waals surface area contributed by atoms with Gasteiger partial charge in [-0.15, -0.1) is 11.3 Å². The van der Waals surface area contributed by atoms with Gasteiger partial charge in [0.2, 0.25) is 11.7 Å². The van der Waals surface area contributed by atoms with Crippen LogP contribution in [-0.2, 0) is 11.2 Å². The molecule has 0 aliphatic rings. The van der Waals surface area contributed by atoms with Crippen LogP contribution in [0.15, 0.2) is 66.0 Å². The third-order valence-corrected chi connectivity index (χ3v) is 5.83. The molecular formula is C25H28N2O6S. The van der Waals surface area contributed by atoms with Crippen molar-refractivity contribution in [1.29, 1.82) is 0 Å². The van der Waals surface area contributed by atoms with Crippen LogP contribution in [0.1, 0.15) is 15.2 Å². The molecule has 0 fully saturated rings. The Morgan fingerprint density at radius 2 is 1.68 bits per heavy atom. The van der Waals surface area contributed by atoms with Gasteiger partial charge in [0.15, 0.2) is 11.5 Å². The van der Waals surface area contributed by atoms with E-state index in [4.69, 9.17) is 14.2 Å². The minimum Gasteiger partial charge on any atom is -0.493 e. The molecular weight excluding hydrogens is 456 g/mol. The van der Waals surface area contributed by atoms with Crippen molar-refractivity contribution >= 4 is 23.2 Å². The quantitative estimate of drug-likeness (QED) is 0.365. The first-order chi connectivity index (χ1) is 16.5. The highest BCUT2D eigenvalue weighted by atomic mass is 32.1. The zero-order valence-electron chi connectivity index (χ0n) is 19.0. The van der Waals surface area contributed by atoms with E-state index in [1.807, 2.05) is 30.3 Å². The fourth-order valence-electron chi connectivity index (χ4n) is 3.24. The SMILES string of the molecule is COc1cccc(OC)c1OCC(O)CNC(=O)C(Cc1ccccc1)NC(=O)c1cccs1. The van der Waals surface area contributed by atoms with Crippen LogP contribution in [0.25, 0.3) is 0 Å². The number of nitrogens with one attached hydrogen (secondary N) is 2. The molecule has 0 radical (unpaired) electrons. The van der Waals surface area contributed by atoms with Gasteiger partial charge >= 0.3 is 0 Å². The molecule has 9 heteroatoms. The van der Waals surface area contributed by atoms with Crippen molar-refractivity contribution in [2.45, 2.75) is 18.6 Å². The first kappa shape index (κ1) is 25.1. The number of aliphatic hydroxyl groups excluding tert-OH is 1. The van der Waals surface area contributed by atoms with Crippen molar-refractivity contribution in [2.75, 3.05) is 27.4 Å². The normalized spacial score (nSPS) is 12.3. The number of hydrogen-bond acceptors (Lipinski definition) is 7. The Morgan fingerprint density at radius 3 is 2.29 bits per heavy atom. The number of carbonyl (C=O) groups is 2. The van der Waals surface area contributed by atoms with E-state index >= 15 is 0 Å². The van der Waals surface area contributed by atoms with Crippen LogP contribution < -0.4 is 24.8 Å². The predicted molar refractivity (Wildman–Crippen MR) is 130 cm³/mol. The number of carbonyl (C=O) groups excluding carboxylic acids is 2. The monoisotopic (exact) mass is 484 g/mol. The van der Waals surface area contributed by atoms with Crippen LogP contribution >= 0.6 is 11.3 Å². The van der Waals surface area contributed by atoms with Gasteiger partial charge in [0.05, 0.1) is 19.1 Å². The Bertz CT molecular complexity index is 1040. The highest BCUT2D eigenvalue weighted by Crippen LogP contribution is 2.36. The van der Waals surface area contributed by atoms with Crippen LogP contribution in [-0.4, -0.2) is 56.4 Å². The maximum absolute atomic E-state index is 12.9. The lowest BCUT2D eigenvalue weighted by atomic mass is 10.0. The van der Waals surface area contributed by atoms with Gasteiger partial charge in [-0.3, -0.25) is 9.59 Å². The number of hydrogen-bond donors (Lipinski definition) is 3. The lowest BCUT2D eigenvalue weighted by molar-refractivity contribution is -0.123. The number of thiophene rings is 1. The van der Waals surface area contributed by atoms with E-state index < -0.39 is 18.1 Å². The van der Waals surface area contributed by atoms with Gasteiger partial charge in [-0.1, -0.05) is 42.5 Å². The van der Waals surface area contributed by atoms with Crippen LogP contribution in [0.2, 0.25) is 0 Å². The Hall–Kier alpha value is -3.56. The highest BCUT2D eigenvalue weighted by molar-refractivity contribution is 7.12. The van der Waals surface area contributed by atoms with Crippen molar-refractivity contribution in [2.24, 2.45) is 0 Å². The number of amides is 2.